The molecule has 1 aliphatic carbocycles. The number of likely N-dealkylation sites (tertiary alicyclic amines) is 1. The predicted octanol–water partition coefficient (Wildman–Crippen LogP) is 1.34. The van der Waals surface area contributed by atoms with Crippen molar-refractivity contribution in [2.24, 2.45) is 23.2 Å². The van der Waals surface area contributed by atoms with E-state index in [1.807, 2.05) is 17.5 Å². The summed E-state index contributed by atoms with van der Waals surface area (Å²) in [5.74, 6) is -0.488. The van der Waals surface area contributed by atoms with Gasteiger partial charge in [-0.25, -0.2) is 4.98 Å². The number of nitrogens with zero attached hydrogens (tertiary/aromatic N) is 4. The second-order valence-corrected chi connectivity index (χ2v) is 10.6. The van der Waals surface area contributed by atoms with Gasteiger partial charge in [-0.3, -0.25) is 18.8 Å². The zero-order valence-electron chi connectivity index (χ0n) is 18.3. The minimum Gasteiger partial charge on any atom is -0.356 e. The molecule has 32 heavy (non-hydrogen) atoms. The third-order valence-electron chi connectivity index (χ3n) is 7.58. The van der Waals surface area contributed by atoms with E-state index in [1.165, 1.54) is 11.3 Å². The summed E-state index contributed by atoms with van der Waals surface area (Å²) in [6.07, 6.45) is 4.47. The number of rotatable bonds is 5. The van der Waals surface area contributed by atoms with Crippen LogP contribution in [0.15, 0.2) is 12.4 Å². The number of aromatic nitrogens is 2. The van der Waals surface area contributed by atoms with Crippen LogP contribution in [0.2, 0.25) is 0 Å². The van der Waals surface area contributed by atoms with E-state index in [-0.39, 0.29) is 47.3 Å². The number of imidazole rings is 1. The van der Waals surface area contributed by atoms with E-state index in [9.17, 15) is 19.6 Å². The number of carbonyl (C=O) groups excluding carboxylic acids is 3. The molecule has 5 atom stereocenters. The number of aryl methyl sites for hydroxylation is 1. The normalized spacial score (nSPS) is 28.8. The second kappa shape index (κ2) is 7.30. The molecule has 3 fully saturated rings. The van der Waals surface area contributed by atoms with Crippen molar-refractivity contribution in [3.8, 4) is 6.07 Å². The number of hydrogen-bond acceptors (Lipinski definition) is 6. The lowest BCUT2D eigenvalue weighted by atomic mass is 9.97. The first-order chi connectivity index (χ1) is 15.2. The maximum Gasteiger partial charge on any atom is 0.266 e. The van der Waals surface area contributed by atoms with E-state index in [1.54, 1.807) is 11.1 Å². The number of amides is 3. The van der Waals surface area contributed by atoms with E-state index in [0.717, 1.165) is 10.7 Å². The van der Waals surface area contributed by atoms with Crippen molar-refractivity contribution in [3.05, 3.63) is 23.0 Å². The van der Waals surface area contributed by atoms with Gasteiger partial charge in [0.25, 0.3) is 5.91 Å². The van der Waals surface area contributed by atoms with Crippen LogP contribution in [0.5, 0.6) is 0 Å². The lowest BCUT2D eigenvalue weighted by Gasteiger charge is -2.30. The Kier molecular flexibility index (Phi) is 4.78. The number of piperidine rings is 1. The van der Waals surface area contributed by atoms with E-state index >= 15 is 0 Å². The fourth-order valence-corrected chi connectivity index (χ4v) is 6.62. The van der Waals surface area contributed by atoms with Crippen LogP contribution >= 0.6 is 11.3 Å². The molecule has 2 N–H and O–H groups in total. The van der Waals surface area contributed by atoms with Gasteiger partial charge in [-0.1, -0.05) is 25.2 Å². The van der Waals surface area contributed by atoms with Gasteiger partial charge in [-0.15, -0.1) is 0 Å². The molecule has 2 aromatic heterocycles. The quantitative estimate of drug-likeness (QED) is 0.706. The molecule has 0 spiro atoms. The molecule has 2 aliphatic heterocycles. The van der Waals surface area contributed by atoms with E-state index < -0.39 is 12.1 Å². The molecule has 0 unspecified atom stereocenters. The fourth-order valence-electron chi connectivity index (χ4n) is 5.57. The van der Waals surface area contributed by atoms with Crippen LogP contribution in [0.25, 0.3) is 4.96 Å². The van der Waals surface area contributed by atoms with E-state index in [4.69, 9.17) is 0 Å². The van der Waals surface area contributed by atoms with Gasteiger partial charge in [0.1, 0.15) is 17.0 Å². The Morgan fingerprint density at radius 2 is 2.25 bits per heavy atom. The molecule has 1 saturated carbocycles. The van der Waals surface area contributed by atoms with Crippen molar-refractivity contribution >= 4 is 34.0 Å². The van der Waals surface area contributed by atoms with E-state index in [2.05, 4.69) is 35.5 Å². The van der Waals surface area contributed by atoms with E-state index in [0.29, 0.717) is 24.4 Å². The third-order valence-corrected chi connectivity index (χ3v) is 8.74. The number of nitrogens with one attached hydrogen (secondary N) is 2. The zero-order chi connectivity index (χ0) is 22.8. The van der Waals surface area contributed by atoms with Gasteiger partial charge in [0.15, 0.2) is 4.96 Å². The number of hydrogen-bond donors (Lipinski definition) is 2. The highest BCUT2D eigenvalue weighted by atomic mass is 32.1. The molecular formula is C22H26N6O3S. The molecule has 9 nitrogen and oxygen atoms in total. The molecule has 5 rings (SSSR count). The predicted molar refractivity (Wildman–Crippen MR) is 117 cm³/mol. The number of nitriles is 1. The lowest BCUT2D eigenvalue weighted by molar-refractivity contribution is -0.127. The van der Waals surface area contributed by atoms with Crippen molar-refractivity contribution < 1.29 is 14.4 Å². The summed E-state index contributed by atoms with van der Waals surface area (Å²) < 4.78 is 1.88. The summed E-state index contributed by atoms with van der Waals surface area (Å²) in [5.41, 5.74) is 0.791. The average Bonchev–Trinajstić information content (AvgIpc) is 3.35. The van der Waals surface area contributed by atoms with Crippen LogP contribution in [0, 0.1) is 41.4 Å². The highest BCUT2D eigenvalue weighted by Crippen LogP contribution is 2.65. The third kappa shape index (κ3) is 3.10. The summed E-state index contributed by atoms with van der Waals surface area (Å²) in [6, 6.07) is 0.744. The molecular weight excluding hydrogens is 428 g/mol. The zero-order valence-corrected chi connectivity index (χ0v) is 19.1. The molecule has 2 aromatic rings. The number of fused-ring (bicyclic) bond motifs is 2. The van der Waals surface area contributed by atoms with Gasteiger partial charge >= 0.3 is 0 Å². The van der Waals surface area contributed by atoms with Crippen molar-refractivity contribution in [3.63, 3.8) is 0 Å². The van der Waals surface area contributed by atoms with Crippen LogP contribution < -0.4 is 10.6 Å². The van der Waals surface area contributed by atoms with Crippen LogP contribution in [-0.2, 0) is 9.59 Å². The first-order valence-electron chi connectivity index (χ1n) is 10.9. The maximum absolute atomic E-state index is 13.5. The molecule has 3 aliphatic rings. The lowest BCUT2D eigenvalue weighted by Crippen LogP contribution is -2.52. The molecule has 3 amide bonds. The molecule has 0 radical (unpaired) electrons. The molecule has 0 aromatic carbocycles. The molecule has 168 valence electrons. The SMILES string of the molecule is Cc1c(C(=O)N2C[C@H]3[C@@H]([C@H]2C(=O)N[C@H](C#N)C[C@@H]2CCNC2=O)C3(C)C)sc2nccn12. The number of carbonyl (C=O) groups is 3. The highest BCUT2D eigenvalue weighted by molar-refractivity contribution is 7.19. The Balaban J connectivity index is 1.37. The standard InChI is InChI=1S/C22H26N6O3S/c1-11-17(32-21-25-6-7-27(11)21)20(31)28-10-14-15(22(14,2)3)16(28)19(30)26-13(9-23)8-12-4-5-24-18(12)29/h6-7,12-16H,4-5,8,10H2,1-3H3,(H,24,29)(H,26,30)/t12-,13-,14-,15-,16-/m0/s1. The second-order valence-electron chi connectivity index (χ2n) is 9.66. The molecule has 4 heterocycles. The summed E-state index contributed by atoms with van der Waals surface area (Å²) in [4.78, 5) is 46.1. The van der Waals surface area contributed by atoms with Crippen LogP contribution in [0.4, 0.5) is 0 Å². The van der Waals surface area contributed by atoms with Gasteiger partial charge in [0.05, 0.1) is 6.07 Å². The van der Waals surface area contributed by atoms with Crippen LogP contribution in [0.1, 0.15) is 42.1 Å². The average molecular weight is 455 g/mol. The Labute approximate surface area is 189 Å². The van der Waals surface area contributed by atoms with Crippen molar-refractivity contribution in [1.82, 2.24) is 24.9 Å². The summed E-state index contributed by atoms with van der Waals surface area (Å²) in [5, 5.41) is 15.2. The monoisotopic (exact) mass is 454 g/mol. The molecule has 2 saturated heterocycles. The molecule has 0 bridgehead atoms. The summed E-state index contributed by atoms with van der Waals surface area (Å²) >= 11 is 1.33. The largest absolute Gasteiger partial charge is 0.356 e. The van der Waals surface area contributed by atoms with Crippen molar-refractivity contribution in [2.45, 2.75) is 45.7 Å². The Morgan fingerprint density at radius 1 is 1.47 bits per heavy atom. The van der Waals surface area contributed by atoms with Gasteiger partial charge in [0.2, 0.25) is 11.8 Å². The van der Waals surface area contributed by atoms with Crippen molar-refractivity contribution in [1.29, 1.82) is 5.26 Å². The smallest absolute Gasteiger partial charge is 0.266 e. The van der Waals surface area contributed by atoms with Crippen molar-refractivity contribution in [2.75, 3.05) is 13.1 Å². The topological polar surface area (TPSA) is 120 Å². The summed E-state index contributed by atoms with van der Waals surface area (Å²) in [7, 11) is 0. The van der Waals surface area contributed by atoms with Gasteiger partial charge in [-0.05, 0) is 37.0 Å². The van der Waals surface area contributed by atoms with Gasteiger partial charge < -0.3 is 15.5 Å². The van der Waals surface area contributed by atoms with Gasteiger partial charge in [0, 0.05) is 37.1 Å². The van der Waals surface area contributed by atoms with Gasteiger partial charge in [-0.2, -0.15) is 5.26 Å². The van der Waals surface area contributed by atoms with Crippen LogP contribution in [0.3, 0.4) is 0 Å². The van der Waals surface area contributed by atoms with Crippen LogP contribution in [-0.4, -0.2) is 57.2 Å². The Morgan fingerprint density at radius 3 is 2.91 bits per heavy atom. The summed E-state index contributed by atoms with van der Waals surface area (Å²) in [6.45, 7) is 7.25. The highest BCUT2D eigenvalue weighted by Gasteiger charge is 2.69. The first-order valence-corrected chi connectivity index (χ1v) is 11.8. The number of thiazole rings is 1. The molecule has 10 heteroatoms. The minimum atomic E-state index is -0.763. The fraction of sp³-hybridized carbons (Fsp3) is 0.591. The Hall–Kier alpha value is -2.93. The minimum absolute atomic E-state index is 0.0225. The Bertz CT molecular complexity index is 1160. The maximum atomic E-state index is 13.5. The first kappa shape index (κ1) is 20.9.